The Kier molecular flexibility index (Phi) is 4.45. The molecule has 0 rings (SSSR count). The number of halogens is 6. The second kappa shape index (κ2) is 4.59. The van der Waals surface area contributed by atoms with Gasteiger partial charge >= 0.3 is 12.4 Å². The molecule has 15 heavy (non-hydrogen) atoms. The monoisotopic (exact) mass is 238 g/mol. The largest absolute Gasteiger partial charge is 0.405 e. The predicted octanol–water partition coefficient (Wildman–Crippen LogP) is 3.54. The van der Waals surface area contributed by atoms with Crippen molar-refractivity contribution in [1.82, 2.24) is 0 Å². The molecule has 1 nitrogen and oxygen atoms in total. The number of rotatable bonds is 4. The molecule has 0 fully saturated rings. The fourth-order valence-electron chi connectivity index (χ4n) is 0.745. The fraction of sp³-hybridized carbons (Fsp3) is 1.00. The summed E-state index contributed by atoms with van der Waals surface area (Å²) in [6, 6.07) is 0. The summed E-state index contributed by atoms with van der Waals surface area (Å²) in [4.78, 5) is 0. The van der Waals surface area contributed by atoms with Crippen molar-refractivity contribution in [3.05, 3.63) is 0 Å². The van der Waals surface area contributed by atoms with E-state index in [0.717, 1.165) is 0 Å². The lowest BCUT2D eigenvalue weighted by atomic mass is 9.90. The first kappa shape index (κ1) is 14.5. The third-order valence-corrected chi connectivity index (χ3v) is 1.99. The maximum absolute atomic E-state index is 12.2. The SMILES string of the molecule is CCCOCC(C)(C(F)(F)F)C(F)(F)F. The van der Waals surface area contributed by atoms with Gasteiger partial charge in [-0.2, -0.15) is 26.3 Å². The van der Waals surface area contributed by atoms with Gasteiger partial charge in [0.25, 0.3) is 0 Å². The van der Waals surface area contributed by atoms with Crippen LogP contribution in [-0.2, 0) is 4.74 Å². The van der Waals surface area contributed by atoms with Crippen LogP contribution in [0, 0.1) is 5.41 Å². The molecule has 92 valence electrons. The van der Waals surface area contributed by atoms with Gasteiger partial charge in [-0.15, -0.1) is 0 Å². The van der Waals surface area contributed by atoms with Crippen LogP contribution in [0.4, 0.5) is 26.3 Å². The minimum Gasteiger partial charge on any atom is -0.380 e. The highest BCUT2D eigenvalue weighted by Crippen LogP contribution is 2.50. The van der Waals surface area contributed by atoms with Crippen LogP contribution in [0.1, 0.15) is 20.3 Å². The normalized spacial score (nSPS) is 14.4. The Balaban J connectivity index is 4.74. The summed E-state index contributed by atoms with van der Waals surface area (Å²) in [6.07, 6.45) is -10.4. The van der Waals surface area contributed by atoms with Gasteiger partial charge in [0.2, 0.25) is 0 Å². The van der Waals surface area contributed by atoms with Crippen LogP contribution in [0.25, 0.3) is 0 Å². The molecule has 0 bridgehead atoms. The summed E-state index contributed by atoms with van der Waals surface area (Å²) in [5.41, 5.74) is -3.80. The Morgan fingerprint density at radius 1 is 0.933 bits per heavy atom. The van der Waals surface area contributed by atoms with Gasteiger partial charge in [-0.05, 0) is 13.3 Å². The van der Waals surface area contributed by atoms with E-state index in [0.29, 0.717) is 6.42 Å². The van der Waals surface area contributed by atoms with Gasteiger partial charge in [-0.1, -0.05) is 6.92 Å². The zero-order chi connectivity index (χ0) is 12.3. The van der Waals surface area contributed by atoms with E-state index in [4.69, 9.17) is 0 Å². The zero-order valence-corrected chi connectivity index (χ0v) is 8.30. The predicted molar refractivity (Wildman–Crippen MR) is 41.3 cm³/mol. The number of alkyl halides is 6. The summed E-state index contributed by atoms with van der Waals surface area (Å²) >= 11 is 0. The van der Waals surface area contributed by atoms with Crippen molar-refractivity contribution in [2.45, 2.75) is 32.6 Å². The molecule has 7 heteroatoms. The second-order valence-electron chi connectivity index (χ2n) is 3.38. The molecule has 0 saturated heterocycles. The molecule has 0 aromatic rings. The first-order valence-corrected chi connectivity index (χ1v) is 4.27. The second-order valence-corrected chi connectivity index (χ2v) is 3.38. The van der Waals surface area contributed by atoms with Crippen LogP contribution in [-0.4, -0.2) is 25.6 Å². The van der Waals surface area contributed by atoms with Gasteiger partial charge in [0.05, 0.1) is 6.61 Å². The molecule has 0 amide bonds. The third kappa shape index (κ3) is 3.25. The molecule has 0 radical (unpaired) electrons. The van der Waals surface area contributed by atoms with Crippen molar-refractivity contribution >= 4 is 0 Å². The topological polar surface area (TPSA) is 9.23 Å². The van der Waals surface area contributed by atoms with Crippen LogP contribution >= 0.6 is 0 Å². The molecule has 0 aliphatic carbocycles. The highest BCUT2D eigenvalue weighted by molar-refractivity contribution is 4.89. The first-order valence-electron chi connectivity index (χ1n) is 4.27. The van der Waals surface area contributed by atoms with Gasteiger partial charge in [0.1, 0.15) is 0 Å². The highest BCUT2D eigenvalue weighted by Gasteiger charge is 2.67. The maximum Gasteiger partial charge on any atom is 0.405 e. The summed E-state index contributed by atoms with van der Waals surface area (Å²) in [6.45, 7) is 0.177. The van der Waals surface area contributed by atoms with Crippen molar-refractivity contribution < 1.29 is 31.1 Å². The van der Waals surface area contributed by atoms with Crippen molar-refractivity contribution in [1.29, 1.82) is 0 Å². The lowest BCUT2D eigenvalue weighted by Gasteiger charge is -2.33. The first-order chi connectivity index (χ1) is 6.56. The van der Waals surface area contributed by atoms with E-state index in [1.807, 2.05) is 0 Å². The van der Waals surface area contributed by atoms with E-state index in [9.17, 15) is 26.3 Å². The van der Waals surface area contributed by atoms with E-state index in [1.54, 1.807) is 6.92 Å². The summed E-state index contributed by atoms with van der Waals surface area (Å²) in [5.74, 6) is 0. The van der Waals surface area contributed by atoms with Crippen molar-refractivity contribution in [3.63, 3.8) is 0 Å². The summed E-state index contributed by atoms with van der Waals surface area (Å²) in [5, 5.41) is 0. The van der Waals surface area contributed by atoms with Gasteiger partial charge in [-0.25, -0.2) is 0 Å². The molecular weight excluding hydrogens is 226 g/mol. The molecule has 0 saturated carbocycles. The minimum atomic E-state index is -5.36. The van der Waals surface area contributed by atoms with E-state index in [-0.39, 0.29) is 13.5 Å². The molecule has 0 aliphatic rings. The average Bonchev–Trinajstić information content (AvgIpc) is 2.00. The fourth-order valence-corrected chi connectivity index (χ4v) is 0.745. The molecule has 0 spiro atoms. The van der Waals surface area contributed by atoms with Crippen LogP contribution in [0.3, 0.4) is 0 Å². The van der Waals surface area contributed by atoms with E-state index < -0.39 is 24.4 Å². The van der Waals surface area contributed by atoms with Crippen molar-refractivity contribution in [2.75, 3.05) is 13.2 Å². The Labute approximate surface area is 83.4 Å². The zero-order valence-electron chi connectivity index (χ0n) is 8.30. The number of hydrogen-bond acceptors (Lipinski definition) is 1. The molecule has 0 atom stereocenters. The van der Waals surface area contributed by atoms with E-state index >= 15 is 0 Å². The highest BCUT2D eigenvalue weighted by atomic mass is 19.4. The molecule has 0 N–H and O–H groups in total. The quantitative estimate of drug-likeness (QED) is 0.537. The van der Waals surface area contributed by atoms with Gasteiger partial charge in [-0.3, -0.25) is 0 Å². The van der Waals surface area contributed by atoms with Crippen molar-refractivity contribution in [3.8, 4) is 0 Å². The number of ether oxygens (including phenoxy) is 1. The Bertz CT molecular complexity index is 180. The Hall–Kier alpha value is -0.460. The Morgan fingerprint density at radius 3 is 1.60 bits per heavy atom. The maximum atomic E-state index is 12.2. The molecule has 0 heterocycles. The van der Waals surface area contributed by atoms with E-state index in [2.05, 4.69) is 4.74 Å². The van der Waals surface area contributed by atoms with Crippen LogP contribution in [0.15, 0.2) is 0 Å². The lowest BCUT2D eigenvalue weighted by molar-refractivity contribution is -0.345. The van der Waals surface area contributed by atoms with Gasteiger partial charge in [0.15, 0.2) is 5.41 Å². The van der Waals surface area contributed by atoms with Crippen LogP contribution in [0.2, 0.25) is 0 Å². The van der Waals surface area contributed by atoms with Gasteiger partial charge < -0.3 is 4.74 Å². The van der Waals surface area contributed by atoms with Gasteiger partial charge in [0, 0.05) is 6.61 Å². The van der Waals surface area contributed by atoms with Crippen molar-refractivity contribution in [2.24, 2.45) is 5.41 Å². The molecule has 0 aromatic heterocycles. The Morgan fingerprint density at radius 2 is 1.33 bits per heavy atom. The average molecular weight is 238 g/mol. The lowest BCUT2D eigenvalue weighted by Crippen LogP contribution is -2.51. The number of hydrogen-bond donors (Lipinski definition) is 0. The van der Waals surface area contributed by atoms with E-state index in [1.165, 1.54) is 0 Å². The van der Waals surface area contributed by atoms with Crippen LogP contribution in [0.5, 0.6) is 0 Å². The summed E-state index contributed by atoms with van der Waals surface area (Å²) in [7, 11) is 0. The third-order valence-electron chi connectivity index (χ3n) is 1.99. The molecule has 0 aliphatic heterocycles. The molecule has 0 aromatic carbocycles. The molecular formula is C8H12F6O. The summed E-state index contributed by atoms with van der Waals surface area (Å²) < 4.78 is 77.7. The standard InChI is InChI=1S/C8H12F6O/c1-3-4-15-5-6(2,7(9,10)11)8(12,13)14/h3-5H2,1-2H3. The minimum absolute atomic E-state index is 0.0999. The smallest absolute Gasteiger partial charge is 0.380 e. The molecule has 0 unspecified atom stereocenters. The van der Waals surface area contributed by atoms with Crippen LogP contribution < -0.4 is 0 Å².